The molecular weight excluding hydrogens is 559 g/mol. The van der Waals surface area contributed by atoms with Crippen molar-refractivity contribution in [3.05, 3.63) is 112 Å². The summed E-state index contributed by atoms with van der Waals surface area (Å²) >= 11 is 12.6. The number of carbonyl (C=O) groups is 2. The number of carbonyl (C=O) groups excluding carboxylic acids is 1. The van der Waals surface area contributed by atoms with Gasteiger partial charge in [0.1, 0.15) is 17.5 Å². The number of nitrogens with one attached hydrogen (secondary N) is 2. The topological polar surface area (TPSA) is 87.7 Å². The predicted molar refractivity (Wildman–Crippen MR) is 165 cm³/mol. The van der Waals surface area contributed by atoms with Crippen molar-refractivity contribution < 1.29 is 19.4 Å². The Hall–Kier alpha value is -4.00. The van der Waals surface area contributed by atoms with Crippen LogP contribution in [-0.2, 0) is 11.2 Å². The van der Waals surface area contributed by atoms with Crippen molar-refractivity contribution >= 4 is 40.8 Å². The maximum absolute atomic E-state index is 13.2. The third-order valence-corrected chi connectivity index (χ3v) is 7.63. The smallest absolute Gasteiger partial charge is 0.326 e. The molecule has 0 aliphatic heterocycles. The molecule has 1 amide bonds. The highest BCUT2D eigenvalue weighted by Crippen LogP contribution is 2.35. The van der Waals surface area contributed by atoms with E-state index < -0.39 is 17.9 Å². The van der Waals surface area contributed by atoms with E-state index in [1.807, 2.05) is 78.9 Å². The summed E-state index contributed by atoms with van der Waals surface area (Å²) in [6.07, 6.45) is 1.04. The molecule has 0 aromatic heterocycles. The minimum Gasteiger partial charge on any atom is -0.480 e. The van der Waals surface area contributed by atoms with Gasteiger partial charge >= 0.3 is 5.97 Å². The van der Waals surface area contributed by atoms with Crippen LogP contribution in [0.15, 0.2) is 91.0 Å². The van der Waals surface area contributed by atoms with Crippen molar-refractivity contribution in [2.75, 3.05) is 11.9 Å². The second-order valence-electron chi connectivity index (χ2n) is 9.85. The van der Waals surface area contributed by atoms with Gasteiger partial charge in [0.2, 0.25) is 0 Å². The molecule has 0 aliphatic carbocycles. The van der Waals surface area contributed by atoms with Crippen LogP contribution in [0, 0.1) is 5.92 Å². The third-order valence-electron chi connectivity index (χ3n) is 6.83. The van der Waals surface area contributed by atoms with E-state index in [1.165, 1.54) is 6.07 Å². The number of anilines is 1. The van der Waals surface area contributed by atoms with E-state index in [4.69, 9.17) is 27.9 Å². The fourth-order valence-corrected chi connectivity index (χ4v) is 4.62. The van der Waals surface area contributed by atoms with E-state index >= 15 is 0 Å². The number of aliphatic carboxylic acids is 1. The summed E-state index contributed by atoms with van der Waals surface area (Å²) in [6, 6.07) is 26.7. The van der Waals surface area contributed by atoms with Gasteiger partial charge in [0.25, 0.3) is 5.91 Å². The van der Waals surface area contributed by atoms with Gasteiger partial charge in [-0.05, 0) is 47.4 Å². The van der Waals surface area contributed by atoms with Crippen molar-refractivity contribution in [1.29, 1.82) is 0 Å². The van der Waals surface area contributed by atoms with Crippen LogP contribution in [-0.4, -0.2) is 29.6 Å². The van der Waals surface area contributed by atoms with Crippen LogP contribution in [0.3, 0.4) is 0 Å². The summed E-state index contributed by atoms with van der Waals surface area (Å²) in [5.41, 5.74) is 3.21. The molecule has 0 spiro atoms. The van der Waals surface area contributed by atoms with Crippen LogP contribution in [0.5, 0.6) is 11.5 Å². The van der Waals surface area contributed by atoms with Crippen LogP contribution in [0.4, 0.5) is 5.69 Å². The Morgan fingerprint density at radius 1 is 0.902 bits per heavy atom. The highest BCUT2D eigenvalue weighted by atomic mass is 35.5. The molecule has 0 aliphatic rings. The zero-order valence-corrected chi connectivity index (χ0v) is 24.4. The highest BCUT2D eigenvalue weighted by molar-refractivity contribution is 6.44. The Kier molecular flexibility index (Phi) is 10.3. The van der Waals surface area contributed by atoms with Gasteiger partial charge in [0, 0.05) is 18.5 Å². The highest BCUT2D eigenvalue weighted by Gasteiger charge is 2.24. The van der Waals surface area contributed by atoms with E-state index in [-0.39, 0.29) is 17.0 Å². The average molecular weight is 592 g/mol. The van der Waals surface area contributed by atoms with Crippen LogP contribution in [0.2, 0.25) is 10.0 Å². The van der Waals surface area contributed by atoms with E-state index in [1.54, 1.807) is 6.07 Å². The molecule has 6 nitrogen and oxygen atoms in total. The first-order valence-corrected chi connectivity index (χ1v) is 14.2. The van der Waals surface area contributed by atoms with E-state index in [9.17, 15) is 14.7 Å². The second kappa shape index (κ2) is 14.1. The fraction of sp³-hybridized carbons (Fsp3) is 0.212. The molecule has 0 saturated carbocycles. The number of hydrogen-bond acceptors (Lipinski definition) is 4. The number of hydrogen-bond donors (Lipinski definition) is 3. The minimum atomic E-state index is -1.15. The first-order valence-electron chi connectivity index (χ1n) is 13.4. The van der Waals surface area contributed by atoms with Gasteiger partial charge in [0.15, 0.2) is 0 Å². The average Bonchev–Trinajstić information content (AvgIpc) is 2.98. The molecule has 4 rings (SSSR count). The predicted octanol–water partition coefficient (Wildman–Crippen LogP) is 8.34. The summed E-state index contributed by atoms with van der Waals surface area (Å²) in [5.74, 6) is 0.0929. The normalized spacial score (nSPS) is 12.3. The van der Waals surface area contributed by atoms with Crippen LogP contribution in [0.1, 0.15) is 36.2 Å². The van der Waals surface area contributed by atoms with Crippen molar-refractivity contribution in [1.82, 2.24) is 5.32 Å². The summed E-state index contributed by atoms with van der Waals surface area (Å²) < 4.78 is 6.09. The maximum atomic E-state index is 13.2. The summed E-state index contributed by atoms with van der Waals surface area (Å²) in [4.78, 5) is 25.4. The van der Waals surface area contributed by atoms with Gasteiger partial charge in [-0.25, -0.2) is 4.79 Å². The SMILES string of the molecule is CCC(C)CNc1c(C(=O)N[C@@H](Cc2ccc(-c3ccccc3Oc3ccccc3)cc2)C(=O)O)ccc(Cl)c1Cl. The molecular formula is C33H32Cl2N2O4. The number of para-hydroxylation sites is 2. The number of carboxylic acid groups (broad SMARTS) is 1. The van der Waals surface area contributed by atoms with Gasteiger partial charge < -0.3 is 20.5 Å². The van der Waals surface area contributed by atoms with Gasteiger partial charge in [-0.15, -0.1) is 0 Å². The van der Waals surface area contributed by atoms with E-state index in [2.05, 4.69) is 24.5 Å². The van der Waals surface area contributed by atoms with Gasteiger partial charge in [0.05, 0.1) is 21.3 Å². The van der Waals surface area contributed by atoms with Crippen LogP contribution < -0.4 is 15.4 Å². The maximum Gasteiger partial charge on any atom is 0.326 e. The number of halogens is 2. The fourth-order valence-electron chi connectivity index (χ4n) is 4.24. The monoisotopic (exact) mass is 590 g/mol. The summed E-state index contributed by atoms with van der Waals surface area (Å²) in [7, 11) is 0. The first kappa shape index (κ1) is 30.0. The van der Waals surface area contributed by atoms with Gasteiger partial charge in [-0.2, -0.15) is 0 Å². The quantitative estimate of drug-likeness (QED) is 0.154. The molecule has 212 valence electrons. The Bertz CT molecular complexity index is 1490. The number of rotatable bonds is 12. The number of ether oxygens (including phenoxy) is 1. The van der Waals surface area contributed by atoms with Crippen molar-refractivity contribution in [3.63, 3.8) is 0 Å². The molecule has 0 saturated heterocycles. The number of amides is 1. The Morgan fingerprint density at radius 3 is 2.27 bits per heavy atom. The molecule has 3 N–H and O–H groups in total. The molecule has 0 radical (unpaired) electrons. The van der Waals surface area contributed by atoms with Crippen molar-refractivity contribution in [3.8, 4) is 22.6 Å². The zero-order valence-electron chi connectivity index (χ0n) is 22.9. The Labute approximate surface area is 250 Å². The van der Waals surface area contributed by atoms with E-state index in [0.29, 0.717) is 28.9 Å². The minimum absolute atomic E-state index is 0.0977. The van der Waals surface area contributed by atoms with Crippen molar-refractivity contribution in [2.24, 2.45) is 5.92 Å². The lowest BCUT2D eigenvalue weighted by atomic mass is 9.99. The molecule has 1 unspecified atom stereocenters. The molecule has 8 heteroatoms. The first-order chi connectivity index (χ1) is 19.8. The molecule has 0 bridgehead atoms. The molecule has 4 aromatic rings. The number of carboxylic acids is 1. The molecule has 4 aromatic carbocycles. The second-order valence-corrected chi connectivity index (χ2v) is 10.6. The summed E-state index contributed by atoms with van der Waals surface area (Å²) in [5, 5.41) is 16.3. The third kappa shape index (κ3) is 7.81. The largest absolute Gasteiger partial charge is 0.480 e. The van der Waals surface area contributed by atoms with E-state index in [0.717, 1.165) is 28.9 Å². The Morgan fingerprint density at radius 2 is 1.59 bits per heavy atom. The van der Waals surface area contributed by atoms with Crippen LogP contribution in [0.25, 0.3) is 11.1 Å². The molecule has 41 heavy (non-hydrogen) atoms. The lowest BCUT2D eigenvalue weighted by Gasteiger charge is -2.19. The lowest BCUT2D eigenvalue weighted by molar-refractivity contribution is -0.139. The Balaban J connectivity index is 1.50. The molecule has 2 atom stereocenters. The standard InChI is InChI=1S/C33H32Cl2N2O4/c1-3-21(2)20-36-31-26(17-18-27(34)30(31)35)32(38)37-28(33(39)40)19-22-13-15-23(16-14-22)25-11-7-8-12-29(25)41-24-9-5-4-6-10-24/h4-18,21,28,36H,3,19-20H2,1-2H3,(H,37,38)(H,39,40)/t21?,28-/m0/s1. The van der Waals surface area contributed by atoms with Gasteiger partial charge in [-0.1, -0.05) is 104 Å². The summed E-state index contributed by atoms with van der Waals surface area (Å²) in [6.45, 7) is 4.73. The molecule has 0 fully saturated rings. The lowest BCUT2D eigenvalue weighted by Crippen LogP contribution is -2.42. The van der Waals surface area contributed by atoms with Gasteiger partial charge in [-0.3, -0.25) is 4.79 Å². The van der Waals surface area contributed by atoms with Crippen LogP contribution >= 0.6 is 23.2 Å². The zero-order chi connectivity index (χ0) is 29.4. The molecule has 0 heterocycles. The number of benzene rings is 4. The van der Waals surface area contributed by atoms with Crippen molar-refractivity contribution in [2.45, 2.75) is 32.7 Å².